The Labute approximate surface area is 724 Å². The van der Waals surface area contributed by atoms with Gasteiger partial charge in [-0.1, -0.05) is 349 Å². The first-order valence-electron chi connectivity index (χ1n) is 45.5. The average Bonchev–Trinajstić information content (AvgIpc) is 0.774. The van der Waals surface area contributed by atoms with E-state index in [1.165, 1.54) is 103 Å². The van der Waals surface area contributed by atoms with Crippen LogP contribution in [0.3, 0.4) is 0 Å². The van der Waals surface area contributed by atoms with E-state index in [4.69, 9.17) is 61.6 Å². The van der Waals surface area contributed by atoms with Crippen molar-refractivity contribution in [3.63, 3.8) is 0 Å². The van der Waals surface area contributed by atoms with Gasteiger partial charge in [-0.15, -0.1) is 0 Å². The highest BCUT2D eigenvalue weighted by Gasteiger charge is 2.56. The zero-order valence-electron chi connectivity index (χ0n) is 74.1. The molecule has 17 nitrogen and oxygen atoms in total. The van der Waals surface area contributed by atoms with Gasteiger partial charge < -0.3 is 61.6 Å². The molecule has 0 unspecified atom stereocenters. The molecule has 2 heterocycles. The van der Waals surface area contributed by atoms with Crippen LogP contribution in [0, 0.1) is 47.3 Å². The van der Waals surface area contributed by atoms with Crippen LogP contribution in [0.15, 0.2) is 212 Å². The number of hydrogen-bond donors (Lipinski definition) is 0. The molecule has 2 aliphatic heterocycles. The number of carbonyl (C=O) groups is 4. The van der Waals surface area contributed by atoms with Gasteiger partial charge in [0.05, 0.1) is 61.9 Å². The standard InChI is InChI=1S/C104H142O17/c1-75(2)38-32-40-77(5)42-34-44-79(7)46-36-48-81(9)64-66-109-71-90(110-67-65-82(10)49-37-47-80(8)45-35-43-78(6)41-33-39-76(3)4)72-115-103-97(113-70-85-54-22-13-23-55-85)95(112-69-84-52-20-12-21-53-84)93(111-68-83-50-18-11-19-51-83)91(117-103)74-116-104-98(121-102(108)89-62-30-17-31-63-89)96(120-101(107)88-60-28-16-29-61-88)94(119-100(106)87-58-26-15-27-59-87)92(118-104)73-114-99(105)86-56-24-14-25-57-86/h11-31,50-63,75-82,90-98,103-104H,32-49,64-74H2,1-10H3/t77-,78-,79-,80-,81-,82-,90-,91-,92-,93-,94-,95+,96+,97-,98-,103+,104-/m1/s1. The summed E-state index contributed by atoms with van der Waals surface area (Å²) in [5.41, 5.74) is 3.28. The molecule has 660 valence electrons. The SMILES string of the molecule is CC(C)CCC[C@@H](C)CCC[C@@H](C)CCC[C@@H](C)CCOC[C@H](CO[C@H]1O[C@H](CO[C@@H]2O[C@H](COC(=O)c3ccccc3)[C@@H](OC(=O)c3ccccc3)[C@H](OC(=O)c3ccccc3)[C@H]2OC(=O)c2ccccc2)[C@@H](OCc2ccccc2)[C@H](OCc2ccccc2)[C@H]1OCc1ccccc1)OCC[C@H](C)CCC[C@H](C)CCC[C@H](C)CCCC(C)C. The lowest BCUT2D eigenvalue weighted by atomic mass is 9.91. The van der Waals surface area contributed by atoms with Crippen LogP contribution >= 0.6 is 0 Å². The van der Waals surface area contributed by atoms with E-state index in [9.17, 15) is 19.2 Å². The van der Waals surface area contributed by atoms with Gasteiger partial charge in [-0.05, 0) is 125 Å². The molecule has 121 heavy (non-hydrogen) atoms. The second-order valence-corrected chi connectivity index (χ2v) is 35.4. The van der Waals surface area contributed by atoms with Crippen LogP contribution in [-0.2, 0) is 81.4 Å². The van der Waals surface area contributed by atoms with Crippen molar-refractivity contribution in [3.05, 3.63) is 251 Å². The van der Waals surface area contributed by atoms with E-state index < -0.39 is 105 Å². The van der Waals surface area contributed by atoms with Crippen molar-refractivity contribution in [2.24, 2.45) is 47.3 Å². The van der Waals surface area contributed by atoms with E-state index in [-0.39, 0.29) is 55.3 Å². The van der Waals surface area contributed by atoms with Gasteiger partial charge in [-0.25, -0.2) is 19.2 Å². The summed E-state index contributed by atoms with van der Waals surface area (Å²) in [7, 11) is 0. The van der Waals surface area contributed by atoms with Crippen LogP contribution in [0.25, 0.3) is 0 Å². The predicted octanol–water partition coefficient (Wildman–Crippen LogP) is 23.1. The largest absolute Gasteiger partial charge is 0.459 e. The summed E-state index contributed by atoms with van der Waals surface area (Å²) < 4.78 is 89.5. The molecule has 2 fully saturated rings. The lowest BCUT2D eigenvalue weighted by Crippen LogP contribution is -2.64. The first kappa shape index (κ1) is 96.9. The fourth-order valence-corrected chi connectivity index (χ4v) is 16.0. The van der Waals surface area contributed by atoms with E-state index in [1.807, 2.05) is 91.0 Å². The highest BCUT2D eigenvalue weighted by molar-refractivity contribution is 5.91. The third kappa shape index (κ3) is 35.7. The summed E-state index contributed by atoms with van der Waals surface area (Å²) in [5, 5.41) is 0. The molecule has 2 saturated heterocycles. The van der Waals surface area contributed by atoms with Gasteiger partial charge in [-0.2, -0.15) is 0 Å². The first-order valence-corrected chi connectivity index (χ1v) is 45.5. The Kier molecular flexibility index (Phi) is 43.7. The van der Waals surface area contributed by atoms with Gasteiger partial charge in [-0.3, -0.25) is 0 Å². The van der Waals surface area contributed by atoms with Crippen molar-refractivity contribution < 1.29 is 80.8 Å². The maximum Gasteiger partial charge on any atom is 0.338 e. The summed E-state index contributed by atoms with van der Waals surface area (Å²) in [6, 6.07) is 62.7. The van der Waals surface area contributed by atoms with Crippen LogP contribution in [0.1, 0.15) is 256 Å². The highest BCUT2D eigenvalue weighted by atomic mass is 16.8. The molecular weight excluding hydrogens is 1520 g/mol. The molecule has 2 aliphatic rings. The second-order valence-electron chi connectivity index (χ2n) is 35.4. The van der Waals surface area contributed by atoms with E-state index in [0.717, 1.165) is 66.0 Å². The molecule has 17 heteroatoms. The normalized spacial score (nSPS) is 21.0. The monoisotopic (exact) mass is 1660 g/mol. The molecule has 7 aromatic carbocycles. The van der Waals surface area contributed by atoms with Crippen molar-refractivity contribution in [2.45, 2.75) is 285 Å². The molecule has 0 aliphatic carbocycles. The van der Waals surface area contributed by atoms with Gasteiger partial charge in [0.2, 0.25) is 0 Å². The maximum atomic E-state index is 14.9. The third-order valence-corrected chi connectivity index (χ3v) is 23.6. The first-order chi connectivity index (χ1) is 58.8. The highest BCUT2D eigenvalue weighted by Crippen LogP contribution is 2.37. The minimum absolute atomic E-state index is 0.0287. The van der Waals surface area contributed by atoms with Crippen LogP contribution in [0.5, 0.6) is 0 Å². The minimum Gasteiger partial charge on any atom is -0.459 e. The van der Waals surface area contributed by atoms with Crippen molar-refractivity contribution in [1.29, 1.82) is 0 Å². The predicted molar refractivity (Wildman–Crippen MR) is 476 cm³/mol. The number of ether oxygens (including phenoxy) is 13. The summed E-state index contributed by atoms with van der Waals surface area (Å²) in [4.78, 5) is 58.3. The number of benzene rings is 7. The minimum atomic E-state index is -1.72. The molecule has 17 atom stereocenters. The van der Waals surface area contributed by atoms with Crippen LogP contribution < -0.4 is 0 Å². The van der Waals surface area contributed by atoms with E-state index in [1.54, 1.807) is 121 Å². The summed E-state index contributed by atoms with van der Waals surface area (Å²) in [6.07, 6.45) is 10.4. The van der Waals surface area contributed by atoms with Gasteiger partial charge >= 0.3 is 23.9 Å². The summed E-state index contributed by atoms with van der Waals surface area (Å²) in [5.74, 6) is 2.10. The molecule has 0 aromatic heterocycles. The number of hydrogen-bond acceptors (Lipinski definition) is 17. The lowest BCUT2D eigenvalue weighted by molar-refractivity contribution is -0.346. The molecule has 0 bridgehead atoms. The summed E-state index contributed by atoms with van der Waals surface area (Å²) >= 11 is 0. The van der Waals surface area contributed by atoms with E-state index >= 15 is 0 Å². The zero-order chi connectivity index (χ0) is 85.8. The Balaban J connectivity index is 1.02. The van der Waals surface area contributed by atoms with Gasteiger partial charge in [0.1, 0.15) is 43.2 Å². The number of carbonyl (C=O) groups excluding carboxylic acids is 4. The molecule has 0 saturated carbocycles. The molecule has 0 spiro atoms. The topological polar surface area (TPSA) is 188 Å². The van der Waals surface area contributed by atoms with Crippen molar-refractivity contribution >= 4 is 23.9 Å². The summed E-state index contributed by atoms with van der Waals surface area (Å²) in [6.45, 7) is 24.4. The molecule has 0 N–H and O–H groups in total. The molecular formula is C104H142O17. The fraction of sp³-hybridized carbons (Fsp3) is 0.558. The second kappa shape index (κ2) is 54.6. The Morgan fingerprint density at radius 3 is 1.00 bits per heavy atom. The smallest absolute Gasteiger partial charge is 0.338 e. The lowest BCUT2D eigenvalue weighted by Gasteiger charge is -2.47. The van der Waals surface area contributed by atoms with Crippen LogP contribution in [0.4, 0.5) is 0 Å². The van der Waals surface area contributed by atoms with Gasteiger partial charge in [0.15, 0.2) is 30.9 Å². The van der Waals surface area contributed by atoms with Crippen molar-refractivity contribution in [3.8, 4) is 0 Å². The van der Waals surface area contributed by atoms with Crippen LogP contribution in [-0.4, -0.2) is 131 Å². The maximum absolute atomic E-state index is 14.9. The molecule has 0 radical (unpaired) electrons. The number of rotatable bonds is 57. The Hall–Kier alpha value is -7.94. The molecule has 0 amide bonds. The quantitative estimate of drug-likeness (QED) is 0.0199. The number of esters is 4. The average molecular weight is 1660 g/mol. The fourth-order valence-electron chi connectivity index (χ4n) is 16.0. The van der Waals surface area contributed by atoms with Crippen LogP contribution in [0.2, 0.25) is 0 Å². The van der Waals surface area contributed by atoms with E-state index in [0.29, 0.717) is 36.9 Å². The molecule has 9 rings (SSSR count). The zero-order valence-corrected chi connectivity index (χ0v) is 74.1. The Morgan fingerprint density at radius 1 is 0.289 bits per heavy atom. The van der Waals surface area contributed by atoms with E-state index in [2.05, 4.69) is 69.2 Å². The third-order valence-electron chi connectivity index (χ3n) is 23.6. The van der Waals surface area contributed by atoms with Crippen molar-refractivity contribution in [2.75, 3.05) is 39.6 Å². The van der Waals surface area contributed by atoms with Gasteiger partial charge in [0, 0.05) is 13.2 Å². The Morgan fingerprint density at radius 2 is 0.603 bits per heavy atom. The van der Waals surface area contributed by atoms with Crippen molar-refractivity contribution in [1.82, 2.24) is 0 Å². The molecule has 7 aromatic rings. The van der Waals surface area contributed by atoms with Gasteiger partial charge in [0.25, 0.3) is 0 Å². The Bertz CT molecular complexity index is 3910.